The number of alkyl carbamates (subject to hydrolysis) is 1. The third-order valence-electron chi connectivity index (χ3n) is 4.69. The number of aliphatic hydroxyl groups is 1. The minimum Gasteiger partial charge on any atom is -0.444 e. The zero-order chi connectivity index (χ0) is 23.3. The van der Waals surface area contributed by atoms with E-state index in [0.29, 0.717) is 0 Å². The zero-order valence-corrected chi connectivity index (χ0v) is 19.3. The fourth-order valence-corrected chi connectivity index (χ4v) is 3.53. The van der Waals surface area contributed by atoms with Crippen molar-refractivity contribution in [1.82, 2.24) is 5.32 Å². The van der Waals surface area contributed by atoms with Crippen LogP contribution in [0.5, 0.6) is 0 Å². The lowest BCUT2D eigenvalue weighted by Crippen LogP contribution is -2.59. The first-order valence-electron chi connectivity index (χ1n) is 9.21. The lowest BCUT2D eigenvalue weighted by Gasteiger charge is -2.44. The van der Waals surface area contributed by atoms with Crippen LogP contribution < -0.4 is 5.32 Å². The van der Waals surface area contributed by atoms with E-state index in [1.807, 2.05) is 20.8 Å². The van der Waals surface area contributed by atoms with Gasteiger partial charge in [0.05, 0.1) is 24.7 Å². The quantitative estimate of drug-likeness (QED) is 0.244. The van der Waals surface area contributed by atoms with Gasteiger partial charge in [0.25, 0.3) is 0 Å². The predicted molar refractivity (Wildman–Crippen MR) is 106 cm³/mol. The number of alkyl halides is 3. The van der Waals surface area contributed by atoms with E-state index in [1.54, 1.807) is 33.9 Å². The maximum atomic E-state index is 13.8. The normalized spacial score (nSPS) is 16.4. The highest BCUT2D eigenvalue weighted by Gasteiger charge is 2.51. The number of hydrogen-bond donors (Lipinski definition) is 2. The smallest absolute Gasteiger partial charge is 0.408 e. The average Bonchev–Trinajstić information content (AvgIpc) is 2.47. The molecule has 29 heavy (non-hydrogen) atoms. The van der Waals surface area contributed by atoms with Crippen LogP contribution in [0, 0.1) is 5.92 Å². The maximum Gasteiger partial charge on any atom is 0.408 e. The number of azide groups is 1. The van der Waals surface area contributed by atoms with Crippen LogP contribution in [0.4, 0.5) is 18.0 Å². The van der Waals surface area contributed by atoms with Crippen molar-refractivity contribution in [1.29, 1.82) is 0 Å². The molecule has 0 unspecified atom stereocenters. The highest BCUT2D eigenvalue weighted by atomic mass is 28.4. The number of halogens is 3. The van der Waals surface area contributed by atoms with Crippen molar-refractivity contribution in [3.05, 3.63) is 10.4 Å². The highest BCUT2D eigenvalue weighted by molar-refractivity contribution is 6.74. The summed E-state index contributed by atoms with van der Waals surface area (Å²) in [6.07, 6.45) is -7.44. The second-order valence-corrected chi connectivity index (χ2v) is 14.1. The van der Waals surface area contributed by atoms with Crippen LogP contribution >= 0.6 is 0 Å². The predicted octanol–water partition coefficient (Wildman–Crippen LogP) is 4.75. The first-order chi connectivity index (χ1) is 12.9. The van der Waals surface area contributed by atoms with Gasteiger partial charge >= 0.3 is 12.3 Å². The van der Waals surface area contributed by atoms with Crippen molar-refractivity contribution < 1.29 is 32.2 Å². The summed E-state index contributed by atoms with van der Waals surface area (Å²) in [5.74, 6) is -2.22. The minimum absolute atomic E-state index is 0.439. The van der Waals surface area contributed by atoms with E-state index in [2.05, 4.69) is 15.3 Å². The number of aliphatic hydroxyl groups excluding tert-OH is 1. The summed E-state index contributed by atoms with van der Waals surface area (Å²) < 4.78 is 52.5. The second kappa shape index (κ2) is 10.0. The summed E-state index contributed by atoms with van der Waals surface area (Å²) in [6, 6.07) is -1.42. The summed E-state index contributed by atoms with van der Waals surface area (Å²) >= 11 is 0. The first-order valence-corrected chi connectivity index (χ1v) is 12.1. The molecule has 0 aromatic rings. The van der Waals surface area contributed by atoms with E-state index in [0.717, 1.165) is 0 Å². The van der Waals surface area contributed by atoms with Crippen LogP contribution in [-0.4, -0.2) is 56.6 Å². The summed E-state index contributed by atoms with van der Waals surface area (Å²) in [5.41, 5.74) is 7.63. The molecule has 0 aliphatic rings. The third kappa shape index (κ3) is 9.24. The maximum absolute atomic E-state index is 13.8. The van der Waals surface area contributed by atoms with Crippen LogP contribution in [-0.2, 0) is 9.16 Å². The molecule has 170 valence electrons. The van der Waals surface area contributed by atoms with Crippen molar-refractivity contribution in [3.63, 3.8) is 0 Å². The Labute approximate surface area is 170 Å². The first kappa shape index (κ1) is 27.5. The molecule has 0 rings (SSSR count). The number of carbonyl (C=O) groups excluding carboxylic acids is 1. The monoisotopic (exact) mass is 442 g/mol. The van der Waals surface area contributed by atoms with Crippen LogP contribution in [0.3, 0.4) is 0 Å². The Kier molecular flexibility index (Phi) is 9.49. The van der Waals surface area contributed by atoms with Crippen molar-refractivity contribution >= 4 is 14.4 Å². The Hall–Kier alpha value is -1.49. The number of nitrogens with zero attached hydrogens (tertiary/aromatic N) is 3. The zero-order valence-electron chi connectivity index (χ0n) is 18.3. The van der Waals surface area contributed by atoms with Crippen molar-refractivity contribution in [2.45, 2.75) is 83.6 Å². The van der Waals surface area contributed by atoms with Gasteiger partial charge in [0.15, 0.2) is 8.32 Å². The molecule has 0 saturated carbocycles. The number of amides is 1. The molecular formula is C17H33F3N4O4Si. The molecule has 0 saturated heterocycles. The van der Waals surface area contributed by atoms with E-state index in [9.17, 15) is 23.1 Å². The summed E-state index contributed by atoms with van der Waals surface area (Å²) in [5, 5.41) is 14.7. The standard InChI is InChI=1S/C17H33F3N4O4Si/c1-15(2,3)27-14(26)23-12(10-25)13(28-29(7,8)16(4,5)6)11(9-22-24-21)17(18,19)20/h11-13,25H,9-10H2,1-8H3,(H,23,26)/t11-,12+,13+/m0/s1. The molecule has 0 radical (unpaired) electrons. The minimum atomic E-state index is -4.79. The average molecular weight is 443 g/mol. The van der Waals surface area contributed by atoms with Gasteiger partial charge in [-0.1, -0.05) is 25.9 Å². The van der Waals surface area contributed by atoms with Gasteiger partial charge in [-0.05, 0) is 44.4 Å². The molecule has 2 N–H and O–H groups in total. The summed E-state index contributed by atoms with van der Waals surface area (Å²) in [6.45, 7) is 12.1. The van der Waals surface area contributed by atoms with Crippen LogP contribution in [0.25, 0.3) is 10.4 Å². The Bertz CT molecular complexity index is 597. The van der Waals surface area contributed by atoms with Crippen LogP contribution in [0.1, 0.15) is 41.5 Å². The molecule has 0 aromatic heterocycles. The van der Waals surface area contributed by atoms with Gasteiger partial charge in [-0.25, -0.2) is 4.79 Å². The van der Waals surface area contributed by atoms with Crippen LogP contribution in [0.2, 0.25) is 18.1 Å². The number of ether oxygens (including phenoxy) is 1. The van der Waals surface area contributed by atoms with Gasteiger partial charge in [-0.2, -0.15) is 13.2 Å². The molecule has 0 aliphatic carbocycles. The van der Waals surface area contributed by atoms with Gasteiger partial charge in [0.2, 0.25) is 0 Å². The fourth-order valence-electron chi connectivity index (χ4n) is 2.17. The topological polar surface area (TPSA) is 117 Å². The van der Waals surface area contributed by atoms with Gasteiger partial charge < -0.3 is 19.6 Å². The molecule has 0 spiro atoms. The number of rotatable bonds is 8. The second-order valence-electron chi connectivity index (χ2n) is 9.34. The molecule has 0 aromatic carbocycles. The molecule has 1 amide bonds. The number of carbonyl (C=O) groups is 1. The molecule has 0 fully saturated rings. The van der Waals surface area contributed by atoms with E-state index in [1.165, 1.54) is 0 Å². The number of nitrogens with one attached hydrogen (secondary N) is 1. The molecule has 12 heteroatoms. The SMILES string of the molecule is CC(C)(C)OC(=O)N[C@H](CO)[C@H](O[Si](C)(C)C(C)(C)C)[C@H](CN=[N+]=[N-])C(F)(F)F. The number of hydrogen-bond acceptors (Lipinski definition) is 5. The van der Waals surface area contributed by atoms with E-state index in [4.69, 9.17) is 14.7 Å². The third-order valence-corrected chi connectivity index (χ3v) is 9.16. The Morgan fingerprint density at radius 3 is 2.07 bits per heavy atom. The van der Waals surface area contributed by atoms with Gasteiger partial charge in [-0.15, -0.1) is 0 Å². The highest BCUT2D eigenvalue weighted by Crippen LogP contribution is 2.41. The van der Waals surface area contributed by atoms with E-state index >= 15 is 0 Å². The van der Waals surface area contributed by atoms with Crippen LogP contribution in [0.15, 0.2) is 5.11 Å². The fraction of sp³-hybridized carbons (Fsp3) is 0.941. The lowest BCUT2D eigenvalue weighted by molar-refractivity contribution is -0.198. The molecule has 0 heterocycles. The molecule has 3 atom stereocenters. The summed E-state index contributed by atoms with van der Waals surface area (Å²) in [4.78, 5) is 14.5. The Balaban J connectivity index is 6.08. The van der Waals surface area contributed by atoms with Gasteiger partial charge in [0.1, 0.15) is 5.60 Å². The van der Waals surface area contributed by atoms with E-state index in [-0.39, 0.29) is 0 Å². The molecule has 0 aliphatic heterocycles. The van der Waals surface area contributed by atoms with E-state index < -0.39 is 62.4 Å². The van der Waals surface area contributed by atoms with Crippen molar-refractivity contribution in [3.8, 4) is 0 Å². The molecule has 8 nitrogen and oxygen atoms in total. The van der Waals surface area contributed by atoms with Gasteiger partial charge in [-0.3, -0.25) is 0 Å². The van der Waals surface area contributed by atoms with Crippen molar-refractivity contribution in [2.75, 3.05) is 13.2 Å². The summed E-state index contributed by atoms with van der Waals surface area (Å²) in [7, 11) is -2.76. The lowest BCUT2D eigenvalue weighted by atomic mass is 9.96. The Morgan fingerprint density at radius 1 is 1.21 bits per heavy atom. The Morgan fingerprint density at radius 2 is 1.72 bits per heavy atom. The molecular weight excluding hydrogens is 409 g/mol. The van der Waals surface area contributed by atoms with Gasteiger partial charge in [0, 0.05) is 11.5 Å². The molecule has 0 bridgehead atoms. The largest absolute Gasteiger partial charge is 0.444 e. The van der Waals surface area contributed by atoms with Crippen molar-refractivity contribution in [2.24, 2.45) is 11.0 Å².